The van der Waals surface area contributed by atoms with Gasteiger partial charge in [-0.05, 0) is 0 Å². The van der Waals surface area contributed by atoms with Crippen LogP contribution in [0.4, 0.5) is 0 Å². The van der Waals surface area contributed by atoms with Crippen LogP contribution in [0.1, 0.15) is 0 Å². The Morgan fingerprint density at radius 3 is 0.714 bits per heavy atom. The van der Waals surface area contributed by atoms with Crippen LogP contribution in [0, 0.1) is 0 Å². The van der Waals surface area contributed by atoms with E-state index in [1.165, 1.54) is 0 Å². The van der Waals surface area contributed by atoms with Crippen LogP contribution < -0.4 is 0 Å². The van der Waals surface area contributed by atoms with Gasteiger partial charge in [0.05, 0.1) is 0 Å². The van der Waals surface area contributed by atoms with Crippen molar-refractivity contribution in [1.82, 2.24) is 0 Å². The second-order valence-corrected chi connectivity index (χ2v) is 8.05. The molecule has 0 spiro atoms. The third-order valence-corrected chi connectivity index (χ3v) is 0. The van der Waals surface area contributed by atoms with Crippen molar-refractivity contribution in [1.29, 1.82) is 0 Å². The van der Waals surface area contributed by atoms with Crippen LogP contribution in [0.2, 0.25) is 0 Å². The van der Waals surface area contributed by atoms with Crippen LogP contribution in [0.25, 0.3) is 0 Å². The van der Waals surface area contributed by atoms with Gasteiger partial charge in [-0.3, -0.25) is 0 Å². The maximum atomic E-state index is 2.30. The smallest absolute Gasteiger partial charge is 0 e. The number of rotatable bonds is 0. The molecule has 0 aromatic rings. The van der Waals surface area contributed by atoms with Gasteiger partial charge in [-0.15, -0.1) is 0 Å². The Bertz CT molecular complexity index is 25.2. The fourth-order valence-corrected chi connectivity index (χ4v) is 0. The summed E-state index contributed by atoms with van der Waals surface area (Å²) >= 11 is 0. The first-order valence-corrected chi connectivity index (χ1v) is 5.37. The van der Waals surface area contributed by atoms with E-state index in [2.05, 4.69) is 26.7 Å². The van der Waals surface area contributed by atoms with Gasteiger partial charge in [0, 0.05) is 99.3 Å². The molecule has 0 aliphatic rings. The van der Waals surface area contributed by atoms with Crippen LogP contribution in [-0.2, 0) is 65.4 Å². The average Bonchev–Trinajstić information content (AvgIpc) is 0.722. The summed E-state index contributed by atoms with van der Waals surface area (Å²) in [5, 5.41) is 0. The van der Waals surface area contributed by atoms with E-state index in [0.29, 0.717) is 0 Å². The van der Waals surface area contributed by atoms with E-state index in [1.54, 1.807) is 0 Å². The fourth-order valence-electron chi connectivity index (χ4n) is 0. The zero-order chi connectivity index (χ0) is 4.50. The van der Waals surface area contributed by atoms with Crippen molar-refractivity contribution in [2.75, 3.05) is 26.7 Å². The van der Waals surface area contributed by atoms with Crippen molar-refractivity contribution in [2.24, 2.45) is 0 Å². The monoisotopic (exact) mass is 269 g/mol. The Balaban J connectivity index is -0.0000000800. The van der Waals surface area contributed by atoms with Gasteiger partial charge in [-0.1, -0.05) is 0 Å². The Kier molecular flexibility index (Phi) is 15.7. The Morgan fingerprint density at radius 1 is 0.714 bits per heavy atom. The molecule has 0 N–H and O–H groups in total. The fraction of sp³-hybridized carbons (Fsp3) is 1.00. The van der Waals surface area contributed by atoms with Crippen molar-refractivity contribution < 1.29 is 65.4 Å². The molecule has 7 heavy (non-hydrogen) atoms. The maximum Gasteiger partial charge on any atom is 0.0481 e. The molecule has 0 heterocycles. The average molecular weight is 269 g/mol. The van der Waals surface area contributed by atoms with Crippen LogP contribution >= 0.6 is 7.26 Å². The standard InChI is InChI=1S/C4H12P.2Y/c1-5(2,3)4;;/h1-4H3;;/q+1;;. The van der Waals surface area contributed by atoms with E-state index in [4.69, 9.17) is 0 Å². The van der Waals surface area contributed by atoms with Gasteiger partial charge in [0.1, 0.15) is 0 Å². The molecule has 0 amide bonds. The molecular formula is C4H12PY2+. The van der Waals surface area contributed by atoms with E-state index in [9.17, 15) is 0 Å². The zero-order valence-electron chi connectivity index (χ0n) is 5.60. The molecule has 0 atom stereocenters. The first-order chi connectivity index (χ1) is 2.00. The van der Waals surface area contributed by atoms with Crippen LogP contribution in [-0.4, -0.2) is 26.7 Å². The van der Waals surface area contributed by atoms with Crippen molar-refractivity contribution in [3.63, 3.8) is 0 Å². The quantitative estimate of drug-likeness (QED) is 0.585. The molecule has 0 aliphatic heterocycles. The van der Waals surface area contributed by atoms with Crippen molar-refractivity contribution in [3.05, 3.63) is 0 Å². The molecule has 38 valence electrons. The summed E-state index contributed by atoms with van der Waals surface area (Å²) in [5.74, 6) is 0. The zero-order valence-corrected chi connectivity index (χ0v) is 12.2. The van der Waals surface area contributed by atoms with Crippen molar-refractivity contribution >= 4 is 7.26 Å². The van der Waals surface area contributed by atoms with Gasteiger partial charge in [-0.2, -0.15) is 0 Å². The van der Waals surface area contributed by atoms with E-state index in [1.807, 2.05) is 0 Å². The molecule has 0 bridgehead atoms. The summed E-state index contributed by atoms with van der Waals surface area (Å²) in [6.07, 6.45) is 0. The molecule has 0 saturated carbocycles. The van der Waals surface area contributed by atoms with Gasteiger partial charge in [0.2, 0.25) is 0 Å². The Hall–Kier alpha value is 2.64. The summed E-state index contributed by atoms with van der Waals surface area (Å²) in [5.41, 5.74) is 0. The van der Waals surface area contributed by atoms with Crippen molar-refractivity contribution in [3.8, 4) is 0 Å². The van der Waals surface area contributed by atoms with Crippen LogP contribution in [0.3, 0.4) is 0 Å². The summed E-state index contributed by atoms with van der Waals surface area (Å²) in [6.45, 7) is 9.19. The summed E-state index contributed by atoms with van der Waals surface area (Å²) in [6, 6.07) is 0. The molecule has 0 unspecified atom stereocenters. The van der Waals surface area contributed by atoms with Gasteiger partial charge < -0.3 is 0 Å². The third kappa shape index (κ3) is 54.7. The van der Waals surface area contributed by atoms with Gasteiger partial charge in [0.15, 0.2) is 0 Å². The minimum absolute atomic E-state index is 0. The SMILES string of the molecule is C[P+](C)(C)C.[Y].[Y]. The molecule has 2 radical (unpaired) electrons. The Labute approximate surface area is 97.7 Å². The van der Waals surface area contributed by atoms with Gasteiger partial charge >= 0.3 is 0 Å². The van der Waals surface area contributed by atoms with Crippen LogP contribution in [0.5, 0.6) is 0 Å². The largest absolute Gasteiger partial charge is 0.0481 e. The molecule has 0 aromatic carbocycles. The van der Waals surface area contributed by atoms with E-state index in [0.717, 1.165) is 0 Å². The predicted octanol–water partition coefficient (Wildman–Crippen LogP) is 1.52. The maximum absolute atomic E-state index is 2.30. The molecule has 0 rings (SSSR count). The molecule has 0 fully saturated rings. The second kappa shape index (κ2) is 6.75. The minimum Gasteiger partial charge on any atom is 0 e. The van der Waals surface area contributed by atoms with Gasteiger partial charge in [0.25, 0.3) is 0 Å². The molecule has 0 aliphatic carbocycles. The minimum atomic E-state index is -0.389. The summed E-state index contributed by atoms with van der Waals surface area (Å²) < 4.78 is 0. The summed E-state index contributed by atoms with van der Waals surface area (Å²) in [7, 11) is -0.389. The molecule has 0 nitrogen and oxygen atoms in total. The first kappa shape index (κ1) is 16.3. The van der Waals surface area contributed by atoms with Crippen molar-refractivity contribution in [2.45, 2.75) is 0 Å². The van der Waals surface area contributed by atoms with E-state index < -0.39 is 0 Å². The van der Waals surface area contributed by atoms with E-state index >= 15 is 0 Å². The molecule has 3 heteroatoms. The van der Waals surface area contributed by atoms with E-state index in [-0.39, 0.29) is 72.7 Å². The third-order valence-electron chi connectivity index (χ3n) is 0. The Morgan fingerprint density at radius 2 is 0.714 bits per heavy atom. The molecular weight excluding hydrogens is 257 g/mol. The second-order valence-electron chi connectivity index (χ2n) is 2.68. The molecule has 0 aromatic heterocycles. The first-order valence-electron chi connectivity index (χ1n) is 1.79. The van der Waals surface area contributed by atoms with Gasteiger partial charge in [-0.25, -0.2) is 0 Å². The summed E-state index contributed by atoms with van der Waals surface area (Å²) in [4.78, 5) is 0. The number of hydrogen-bond donors (Lipinski definition) is 0. The van der Waals surface area contributed by atoms with Crippen LogP contribution in [0.15, 0.2) is 0 Å². The topological polar surface area (TPSA) is 0 Å². The predicted molar refractivity (Wildman–Crippen MR) is 30.6 cm³/mol. The number of hydrogen-bond acceptors (Lipinski definition) is 0. The molecule has 0 saturated heterocycles. The normalized spacial score (nSPS) is 8.57.